The van der Waals surface area contributed by atoms with Crippen molar-refractivity contribution in [1.29, 1.82) is 0 Å². The number of hydrogen-bond donors (Lipinski definition) is 2. The first-order valence-electron chi connectivity index (χ1n) is 5.36. The quantitative estimate of drug-likeness (QED) is 0.755. The molecule has 1 aromatic carbocycles. The summed E-state index contributed by atoms with van der Waals surface area (Å²) in [6.45, 7) is 0.879. The van der Waals surface area contributed by atoms with Crippen molar-refractivity contribution in [3.8, 4) is 5.75 Å². The molecule has 100 valence electrons. The Morgan fingerprint density at radius 1 is 1.61 bits per heavy atom. The van der Waals surface area contributed by atoms with Gasteiger partial charge >= 0.3 is 5.97 Å². The van der Waals surface area contributed by atoms with E-state index in [-0.39, 0.29) is 13.0 Å². The predicted molar refractivity (Wildman–Crippen MR) is 74.6 cm³/mol. The third kappa shape index (κ3) is 4.09. The predicted octanol–water partition coefficient (Wildman–Crippen LogP) is 1.98. The Morgan fingerprint density at radius 2 is 2.28 bits per heavy atom. The Bertz CT molecular complexity index is 437. The van der Waals surface area contributed by atoms with Gasteiger partial charge in [-0.3, -0.25) is 4.79 Å². The zero-order valence-corrected chi connectivity index (χ0v) is 12.1. The van der Waals surface area contributed by atoms with Gasteiger partial charge in [0.05, 0.1) is 0 Å². The van der Waals surface area contributed by atoms with Crippen LogP contribution in [0.25, 0.3) is 0 Å². The largest absolute Gasteiger partial charge is 0.491 e. The van der Waals surface area contributed by atoms with Crippen LogP contribution in [0.15, 0.2) is 18.2 Å². The highest BCUT2D eigenvalue weighted by atomic mass is 127. The highest BCUT2D eigenvalue weighted by Gasteiger charge is 2.29. The Hall–Kier alpha value is -0.890. The van der Waals surface area contributed by atoms with Crippen molar-refractivity contribution < 1.29 is 19.0 Å². The fourth-order valence-corrected chi connectivity index (χ4v) is 1.93. The van der Waals surface area contributed by atoms with Gasteiger partial charge in [0.2, 0.25) is 0 Å². The van der Waals surface area contributed by atoms with Gasteiger partial charge in [0.1, 0.15) is 24.6 Å². The number of ether oxygens (including phenoxy) is 1. The van der Waals surface area contributed by atoms with Crippen molar-refractivity contribution in [1.82, 2.24) is 0 Å². The number of aliphatic carboxylic acids is 1. The maximum absolute atomic E-state index is 12.0. The molecule has 18 heavy (non-hydrogen) atoms. The second-order valence-electron chi connectivity index (χ2n) is 4.19. The molecule has 0 bridgehead atoms. The molecule has 0 aliphatic rings. The van der Waals surface area contributed by atoms with Gasteiger partial charge in [-0.2, -0.15) is 0 Å². The van der Waals surface area contributed by atoms with Crippen LogP contribution in [-0.4, -0.2) is 29.9 Å². The molecule has 1 rings (SSSR count). The number of nitrogens with two attached hydrogens (primary N) is 1. The standard InChI is InChI=1S/C12H15FINO3/c1-12(15,11(16)17)7-8-6-9(18-5-4-13)2-3-10(8)14/h2-3,6H,4-5,7,15H2,1H3,(H,16,17). The molecule has 1 atom stereocenters. The first kappa shape index (κ1) is 15.2. The third-order valence-corrected chi connectivity index (χ3v) is 3.46. The summed E-state index contributed by atoms with van der Waals surface area (Å²) in [4.78, 5) is 11.0. The maximum atomic E-state index is 12.0. The molecule has 0 heterocycles. The molecule has 4 nitrogen and oxygen atoms in total. The molecule has 0 saturated heterocycles. The highest BCUT2D eigenvalue weighted by molar-refractivity contribution is 14.1. The van der Waals surface area contributed by atoms with Crippen molar-refractivity contribution in [2.75, 3.05) is 13.3 Å². The molecule has 3 N–H and O–H groups in total. The Morgan fingerprint density at radius 3 is 2.83 bits per heavy atom. The van der Waals surface area contributed by atoms with E-state index in [1.807, 2.05) is 0 Å². The van der Waals surface area contributed by atoms with Gasteiger partial charge in [0.15, 0.2) is 0 Å². The van der Waals surface area contributed by atoms with Gasteiger partial charge < -0.3 is 15.6 Å². The molecule has 0 spiro atoms. The Kier molecular flexibility index (Phi) is 5.33. The van der Waals surface area contributed by atoms with E-state index in [2.05, 4.69) is 22.6 Å². The van der Waals surface area contributed by atoms with Crippen LogP contribution in [0, 0.1) is 3.57 Å². The van der Waals surface area contributed by atoms with E-state index in [1.54, 1.807) is 18.2 Å². The van der Waals surface area contributed by atoms with Crippen LogP contribution in [0.3, 0.4) is 0 Å². The fraction of sp³-hybridized carbons (Fsp3) is 0.417. The van der Waals surface area contributed by atoms with Gasteiger partial charge in [-0.1, -0.05) is 0 Å². The van der Waals surface area contributed by atoms with Crippen molar-refractivity contribution in [2.24, 2.45) is 5.73 Å². The van der Waals surface area contributed by atoms with Crippen LogP contribution in [0.2, 0.25) is 0 Å². The lowest BCUT2D eigenvalue weighted by Crippen LogP contribution is -2.46. The topological polar surface area (TPSA) is 72.5 Å². The zero-order valence-electron chi connectivity index (χ0n) is 9.95. The number of benzene rings is 1. The lowest BCUT2D eigenvalue weighted by molar-refractivity contribution is -0.142. The van der Waals surface area contributed by atoms with Gasteiger partial charge in [-0.25, -0.2) is 4.39 Å². The summed E-state index contributed by atoms with van der Waals surface area (Å²) in [5.74, 6) is -0.544. The SMILES string of the molecule is CC(N)(Cc1cc(OCCF)ccc1I)C(=O)O. The lowest BCUT2D eigenvalue weighted by atomic mass is 9.94. The summed E-state index contributed by atoms with van der Waals surface area (Å²) in [5.41, 5.74) is 5.15. The monoisotopic (exact) mass is 367 g/mol. The van der Waals surface area contributed by atoms with Crippen LogP contribution in [0.5, 0.6) is 5.75 Å². The smallest absolute Gasteiger partial charge is 0.323 e. The fourth-order valence-electron chi connectivity index (χ4n) is 1.40. The second-order valence-corrected chi connectivity index (χ2v) is 5.35. The van der Waals surface area contributed by atoms with Crippen molar-refractivity contribution in [2.45, 2.75) is 18.9 Å². The summed E-state index contributed by atoms with van der Waals surface area (Å²) < 4.78 is 18.1. The van der Waals surface area contributed by atoms with Crippen LogP contribution >= 0.6 is 22.6 Å². The lowest BCUT2D eigenvalue weighted by Gasteiger charge is -2.20. The number of hydrogen-bond acceptors (Lipinski definition) is 3. The number of carboxylic acids is 1. The molecule has 0 radical (unpaired) electrons. The number of alkyl halides is 1. The Labute approximate surface area is 118 Å². The van der Waals surface area contributed by atoms with Gasteiger partial charge in [0, 0.05) is 9.99 Å². The molecular formula is C12H15FINO3. The molecule has 1 aromatic rings. The average Bonchev–Trinajstić information content (AvgIpc) is 2.29. The minimum absolute atomic E-state index is 0.0150. The summed E-state index contributed by atoms with van der Waals surface area (Å²) in [5, 5.41) is 9.00. The minimum atomic E-state index is -1.33. The first-order chi connectivity index (χ1) is 8.36. The number of rotatable bonds is 6. The van der Waals surface area contributed by atoms with Crippen LogP contribution in [0.1, 0.15) is 12.5 Å². The molecule has 0 aromatic heterocycles. The molecule has 0 aliphatic carbocycles. The van der Waals surface area contributed by atoms with Crippen molar-refractivity contribution in [3.05, 3.63) is 27.3 Å². The van der Waals surface area contributed by atoms with Gasteiger partial charge in [0.25, 0.3) is 0 Å². The number of carboxylic acid groups (broad SMARTS) is 1. The number of carbonyl (C=O) groups is 1. The molecule has 0 aliphatic heterocycles. The van der Waals surface area contributed by atoms with Crippen molar-refractivity contribution in [3.63, 3.8) is 0 Å². The molecule has 0 amide bonds. The molecule has 1 unspecified atom stereocenters. The second kappa shape index (κ2) is 6.33. The number of halogens is 2. The molecule has 6 heteroatoms. The van der Waals surface area contributed by atoms with Gasteiger partial charge in [-0.05, 0) is 53.3 Å². The summed E-state index contributed by atoms with van der Waals surface area (Å²) in [6.07, 6.45) is 0.188. The van der Waals surface area contributed by atoms with E-state index in [0.29, 0.717) is 5.75 Å². The van der Waals surface area contributed by atoms with Crippen LogP contribution in [0.4, 0.5) is 4.39 Å². The average molecular weight is 367 g/mol. The highest BCUT2D eigenvalue weighted by Crippen LogP contribution is 2.23. The van der Waals surface area contributed by atoms with E-state index < -0.39 is 18.2 Å². The van der Waals surface area contributed by atoms with E-state index in [4.69, 9.17) is 15.6 Å². The molecule has 0 fully saturated rings. The first-order valence-corrected chi connectivity index (χ1v) is 6.44. The third-order valence-electron chi connectivity index (χ3n) is 2.41. The maximum Gasteiger partial charge on any atom is 0.323 e. The van der Waals surface area contributed by atoms with E-state index in [1.165, 1.54) is 6.92 Å². The molecule has 0 saturated carbocycles. The molecular weight excluding hydrogens is 352 g/mol. The normalized spacial score (nSPS) is 14.0. The zero-order chi connectivity index (χ0) is 13.8. The summed E-state index contributed by atoms with van der Waals surface area (Å²) >= 11 is 2.10. The summed E-state index contributed by atoms with van der Waals surface area (Å²) in [6, 6.07) is 5.21. The van der Waals surface area contributed by atoms with Gasteiger partial charge in [-0.15, -0.1) is 0 Å². The van der Waals surface area contributed by atoms with E-state index in [0.717, 1.165) is 9.13 Å². The van der Waals surface area contributed by atoms with E-state index in [9.17, 15) is 9.18 Å². The Balaban J connectivity index is 2.90. The van der Waals surface area contributed by atoms with Crippen LogP contribution < -0.4 is 10.5 Å². The minimum Gasteiger partial charge on any atom is -0.491 e. The summed E-state index contributed by atoms with van der Waals surface area (Å²) in [7, 11) is 0. The van der Waals surface area contributed by atoms with Crippen LogP contribution in [-0.2, 0) is 11.2 Å². The van der Waals surface area contributed by atoms with E-state index >= 15 is 0 Å². The van der Waals surface area contributed by atoms with Crippen molar-refractivity contribution >= 4 is 28.6 Å².